The fraction of sp³-hybridized carbons (Fsp3) is 0.289. The molecule has 0 atom stereocenters. The van der Waals surface area contributed by atoms with E-state index < -0.39 is 16.8 Å². The number of ether oxygens (including phenoxy) is 3. The number of nitrogens with two attached hydrogens (primary N) is 1. The summed E-state index contributed by atoms with van der Waals surface area (Å²) in [7, 11) is 0. The highest BCUT2D eigenvalue weighted by Gasteiger charge is 2.19. The minimum atomic E-state index is -0.459. The number of nitrogens with zero attached hydrogens (tertiary/aromatic N) is 2. The third kappa shape index (κ3) is 29.9. The monoisotopic (exact) mass is 1310 g/mol. The Balaban J connectivity index is 0.000000248. The van der Waals surface area contributed by atoms with Gasteiger partial charge >= 0.3 is 17.9 Å². The predicted molar refractivity (Wildman–Crippen MR) is 369 cm³/mol. The van der Waals surface area contributed by atoms with Gasteiger partial charge in [-0.25, -0.2) is 4.99 Å². The second-order valence-corrected chi connectivity index (χ2v) is 26.1. The molecular weight excluding hydrogens is 1220 g/mol. The second-order valence-electron chi connectivity index (χ2n) is 24.3. The van der Waals surface area contributed by atoms with E-state index in [2.05, 4.69) is 99.5 Å². The first-order valence-corrected chi connectivity index (χ1v) is 31.0. The summed E-state index contributed by atoms with van der Waals surface area (Å²) in [6.45, 7) is 25.0. The van der Waals surface area contributed by atoms with Gasteiger partial charge in [-0.15, -0.1) is 0 Å². The highest BCUT2D eigenvalue weighted by molar-refractivity contribution is 9.10. The van der Waals surface area contributed by atoms with Crippen molar-refractivity contribution in [2.45, 2.75) is 145 Å². The standard InChI is InChI=1S/C27H29NO2.C14H19BrO2.C14H21NO2.C13H11N.C8H6BrN/c1-20-17-21(15-16-25(29)30-27(2,3)4)19-24(18-20)28-26(22-11-7-5-8-12-22)23-13-9-6-10-14-23;2*1-10-7-11(9-12(15)8-10)5-6-13(16)17-14(2,3)4;14-13(11-7-3-1-4-8-11)12-9-5-2-6-10-12;1-6-2-7(5-10)4-8(9)3-6/h5-14,17-19H,15-16H2,1-4H3;7-9H,5-6H2,1-4H3;7-9H,5-6,15H2,1-4H3;1-10,14H;2-4H,1H3. The van der Waals surface area contributed by atoms with Gasteiger partial charge in [-0.2, -0.15) is 5.26 Å². The first-order chi connectivity index (χ1) is 41.4. The normalized spacial score (nSPS) is 10.7. The lowest BCUT2D eigenvalue weighted by molar-refractivity contribution is -0.155. The number of carbonyl (C=O) groups excluding carboxylic acids is 3. The summed E-state index contributed by atoms with van der Waals surface area (Å²) >= 11 is 6.76. The SMILES string of the molecule is Cc1cc(Br)cc(C#N)c1.Cc1cc(Br)cc(CCC(=O)OC(C)(C)C)c1.Cc1cc(CCC(=O)OC(C)(C)C)cc(N=C(c2ccccc2)c2ccccc2)c1.Cc1cc(N)cc(CCC(=O)OC(C)(C)C)c1.N=C(c1ccccc1)c1ccccc1. The summed E-state index contributed by atoms with van der Waals surface area (Å²) in [5.74, 6) is -0.490. The number of nitrogen functional groups attached to an aromatic ring is 1. The number of hydrogen-bond acceptors (Lipinski definition) is 10. The van der Waals surface area contributed by atoms with Crippen LogP contribution >= 0.6 is 31.9 Å². The molecule has 0 saturated carbocycles. The number of halogens is 2. The van der Waals surface area contributed by atoms with Crippen molar-refractivity contribution in [3.8, 4) is 6.07 Å². The van der Waals surface area contributed by atoms with Gasteiger partial charge in [0.1, 0.15) is 16.8 Å². The van der Waals surface area contributed by atoms with Crippen LogP contribution < -0.4 is 5.73 Å². The van der Waals surface area contributed by atoms with Crippen LogP contribution in [0.25, 0.3) is 0 Å². The first kappa shape index (κ1) is 72.2. The summed E-state index contributed by atoms with van der Waals surface area (Å²) in [6.07, 6.45) is 3.18. The van der Waals surface area contributed by atoms with E-state index in [1.165, 1.54) is 5.56 Å². The maximum absolute atomic E-state index is 12.1. The Morgan fingerprint density at radius 3 is 1.14 bits per heavy atom. The number of nitrogens with one attached hydrogen (secondary N) is 1. The van der Waals surface area contributed by atoms with Gasteiger partial charge in [0.15, 0.2) is 0 Å². The van der Waals surface area contributed by atoms with Crippen LogP contribution in [-0.2, 0) is 47.9 Å². The van der Waals surface area contributed by atoms with Crippen LogP contribution in [0.15, 0.2) is 208 Å². The highest BCUT2D eigenvalue weighted by atomic mass is 79.9. The molecule has 12 heteroatoms. The van der Waals surface area contributed by atoms with Crippen molar-refractivity contribution in [1.82, 2.24) is 0 Å². The van der Waals surface area contributed by atoms with Crippen molar-refractivity contribution in [3.05, 3.63) is 270 Å². The molecule has 0 unspecified atom stereocenters. The minimum absolute atomic E-state index is 0.143. The van der Waals surface area contributed by atoms with Gasteiger partial charge in [-0.05, 0) is 214 Å². The molecule has 0 aliphatic rings. The number of carbonyl (C=O) groups is 3. The van der Waals surface area contributed by atoms with Crippen molar-refractivity contribution in [3.63, 3.8) is 0 Å². The molecule has 8 aromatic rings. The number of rotatable bonds is 14. The van der Waals surface area contributed by atoms with Gasteiger partial charge in [0.25, 0.3) is 0 Å². The Bertz CT molecular complexity index is 3380. The molecule has 0 heterocycles. The van der Waals surface area contributed by atoms with Crippen molar-refractivity contribution in [2.24, 2.45) is 4.99 Å². The predicted octanol–water partition coefficient (Wildman–Crippen LogP) is 19.1. The molecule has 0 radical (unpaired) electrons. The largest absolute Gasteiger partial charge is 0.460 e. The van der Waals surface area contributed by atoms with Crippen LogP contribution in [0.2, 0.25) is 0 Å². The van der Waals surface area contributed by atoms with Crippen molar-refractivity contribution in [1.29, 1.82) is 10.7 Å². The summed E-state index contributed by atoms with van der Waals surface area (Å²) in [4.78, 5) is 40.2. The van der Waals surface area contributed by atoms with Gasteiger partial charge < -0.3 is 19.9 Å². The Morgan fingerprint density at radius 2 is 0.784 bits per heavy atom. The van der Waals surface area contributed by atoms with Gasteiger partial charge in [-0.3, -0.25) is 19.8 Å². The van der Waals surface area contributed by atoms with Crippen LogP contribution in [0.3, 0.4) is 0 Å². The van der Waals surface area contributed by atoms with E-state index in [0.717, 1.165) is 88.1 Å². The average Bonchev–Trinajstić information content (AvgIpc) is 2.15. The number of aryl methyl sites for hydroxylation is 7. The smallest absolute Gasteiger partial charge is 0.306 e. The molecule has 0 amide bonds. The molecule has 0 fully saturated rings. The van der Waals surface area contributed by atoms with Crippen LogP contribution in [0.1, 0.15) is 148 Å². The molecule has 8 aromatic carbocycles. The molecule has 8 rings (SSSR count). The summed E-state index contributed by atoms with van der Waals surface area (Å²) in [6, 6.07) is 65.9. The van der Waals surface area contributed by atoms with Gasteiger partial charge in [0.2, 0.25) is 0 Å². The lowest BCUT2D eigenvalue weighted by Crippen LogP contribution is -2.24. The lowest BCUT2D eigenvalue weighted by Gasteiger charge is -2.19. The number of esters is 3. The van der Waals surface area contributed by atoms with Crippen molar-refractivity contribution in [2.75, 3.05) is 5.73 Å². The zero-order valence-corrected chi connectivity index (χ0v) is 56.6. The Labute approximate surface area is 540 Å². The topological polar surface area (TPSA) is 165 Å². The molecular formula is C76H86Br2N4O6. The average molecular weight is 1310 g/mol. The van der Waals surface area contributed by atoms with E-state index in [9.17, 15) is 14.4 Å². The Hall–Kier alpha value is -8.24. The molecule has 10 nitrogen and oxygen atoms in total. The van der Waals surface area contributed by atoms with Gasteiger partial charge in [0.05, 0.1) is 28.7 Å². The number of aliphatic imine (C=N–C) groups is 1. The molecule has 0 saturated heterocycles. The van der Waals surface area contributed by atoms with E-state index in [1.807, 2.05) is 217 Å². The maximum atomic E-state index is 12.1. The van der Waals surface area contributed by atoms with E-state index in [-0.39, 0.29) is 17.9 Å². The second kappa shape index (κ2) is 35.5. The number of anilines is 1. The summed E-state index contributed by atoms with van der Waals surface area (Å²) < 4.78 is 18.0. The molecule has 88 heavy (non-hydrogen) atoms. The molecule has 0 spiro atoms. The van der Waals surface area contributed by atoms with E-state index in [4.69, 9.17) is 35.6 Å². The summed E-state index contributed by atoms with van der Waals surface area (Å²) in [5.41, 5.74) is 20.2. The quantitative estimate of drug-likeness (QED) is 0.0470. The maximum Gasteiger partial charge on any atom is 0.306 e. The van der Waals surface area contributed by atoms with Crippen LogP contribution in [0, 0.1) is 44.4 Å². The first-order valence-electron chi connectivity index (χ1n) is 29.4. The third-order valence-electron chi connectivity index (χ3n) is 12.1. The van der Waals surface area contributed by atoms with Gasteiger partial charge in [0, 0.05) is 45.0 Å². The number of benzene rings is 8. The van der Waals surface area contributed by atoms with Crippen molar-refractivity contribution < 1.29 is 28.6 Å². The highest BCUT2D eigenvalue weighted by Crippen LogP contribution is 2.24. The van der Waals surface area contributed by atoms with E-state index in [1.54, 1.807) is 6.07 Å². The summed E-state index contributed by atoms with van der Waals surface area (Å²) in [5, 5.41) is 16.5. The Morgan fingerprint density at radius 1 is 0.455 bits per heavy atom. The number of hydrogen-bond donors (Lipinski definition) is 2. The van der Waals surface area contributed by atoms with Gasteiger partial charge in [-0.1, -0.05) is 171 Å². The van der Waals surface area contributed by atoms with E-state index >= 15 is 0 Å². The lowest BCUT2D eigenvalue weighted by atomic mass is 10.0. The molecule has 460 valence electrons. The molecule has 0 aromatic heterocycles. The zero-order chi connectivity index (χ0) is 65.0. The zero-order valence-electron chi connectivity index (χ0n) is 53.4. The molecule has 0 bridgehead atoms. The van der Waals surface area contributed by atoms with Crippen LogP contribution in [-0.4, -0.2) is 46.1 Å². The fourth-order valence-corrected chi connectivity index (χ4v) is 10.0. The minimum Gasteiger partial charge on any atom is -0.460 e. The van der Waals surface area contributed by atoms with Crippen molar-refractivity contribution >= 4 is 72.6 Å². The van der Waals surface area contributed by atoms with Crippen LogP contribution in [0.4, 0.5) is 11.4 Å². The third-order valence-corrected chi connectivity index (χ3v) is 13.0. The number of nitriles is 1. The Kier molecular flexibility index (Phi) is 29.2. The van der Waals surface area contributed by atoms with Crippen LogP contribution in [0.5, 0.6) is 0 Å². The molecule has 0 aliphatic heterocycles. The van der Waals surface area contributed by atoms with E-state index in [0.29, 0.717) is 43.4 Å². The molecule has 3 N–H and O–H groups in total. The molecule has 0 aliphatic carbocycles. The fourth-order valence-electron chi connectivity index (χ4n) is 8.76.